The number of carbonyl (C=O) groups is 6. The van der Waals surface area contributed by atoms with Gasteiger partial charge in [-0.3, -0.25) is 14.4 Å². The van der Waals surface area contributed by atoms with E-state index in [4.69, 9.17) is 14.2 Å². The van der Waals surface area contributed by atoms with Gasteiger partial charge in [-0.2, -0.15) is 0 Å². The molecular formula is C55H66N3O9S15. The Balaban J connectivity index is 1.42. The molecule has 6 aliphatic heterocycles. The maximum atomic E-state index is 13.4. The lowest BCUT2D eigenvalue weighted by atomic mass is 9.84. The van der Waals surface area contributed by atoms with Gasteiger partial charge in [0.2, 0.25) is 17.7 Å². The van der Waals surface area contributed by atoms with Gasteiger partial charge < -0.3 is 30.2 Å². The number of amides is 3. The molecular weight excluding hydrogens is 1330 g/mol. The second-order valence-corrected chi connectivity index (χ2v) is 46.6. The zero-order valence-electron chi connectivity index (χ0n) is 48.7. The Morgan fingerprint density at radius 3 is 0.671 bits per heavy atom. The van der Waals surface area contributed by atoms with E-state index in [1.54, 1.807) is 35.3 Å². The third kappa shape index (κ3) is 13.9. The molecule has 9 rings (SSSR count). The largest absolute Gasteiger partial charge is 0.467 e. The summed E-state index contributed by atoms with van der Waals surface area (Å²) in [5, 5.41) is 8.61. The summed E-state index contributed by atoms with van der Waals surface area (Å²) in [6.07, 6.45) is 0. The Morgan fingerprint density at radius 2 is 0.512 bits per heavy atom. The quantitative estimate of drug-likeness (QED) is 0.0476. The molecule has 3 aromatic carbocycles. The topological polar surface area (TPSA) is 166 Å². The van der Waals surface area contributed by atoms with Crippen LogP contribution in [0.2, 0.25) is 0 Å². The average Bonchev–Trinajstić information content (AvgIpc) is 2.27. The Bertz CT molecular complexity index is 2750. The molecule has 3 atom stereocenters. The SMILES string of the molecule is COC(=O)[C@H](CSc1c2c(c([C](c3c4c(c(SC[C@H](NC(C)=O)C(=O)OC)c5c3SC(C)(C)S5)SC(C)(C)S4)c3c4c(c(SC[C@H](NC(C)=O)C(=O)OC)c5c3SC(C)(C)S5)SC(C)(C)S4)c3c1SC(C)(C)S3)SC(C)(C)S2)NC(C)=O. The summed E-state index contributed by atoms with van der Waals surface area (Å²) in [6.45, 7) is 31.7. The van der Waals surface area contributed by atoms with Crippen LogP contribution in [0.4, 0.5) is 0 Å². The van der Waals surface area contributed by atoms with Crippen LogP contribution in [0.5, 0.6) is 0 Å². The van der Waals surface area contributed by atoms with Crippen LogP contribution in [0.3, 0.4) is 0 Å². The van der Waals surface area contributed by atoms with E-state index in [1.807, 2.05) is 141 Å². The van der Waals surface area contributed by atoms with Crippen LogP contribution >= 0.6 is 176 Å². The molecule has 1 radical (unpaired) electrons. The molecule has 0 aliphatic carbocycles. The smallest absolute Gasteiger partial charge is 0.329 e. The van der Waals surface area contributed by atoms with Gasteiger partial charge in [0.15, 0.2) is 0 Å². The Labute approximate surface area is 546 Å². The van der Waals surface area contributed by atoms with Gasteiger partial charge in [-0.15, -0.1) is 176 Å². The van der Waals surface area contributed by atoms with Crippen molar-refractivity contribution >= 4 is 212 Å². The molecule has 3 N–H and O–H groups in total. The second kappa shape index (κ2) is 24.8. The van der Waals surface area contributed by atoms with E-state index >= 15 is 0 Å². The molecule has 0 fully saturated rings. The molecule has 0 saturated heterocycles. The first-order valence-corrected chi connectivity index (χ1v) is 38.7. The molecule has 0 bridgehead atoms. The van der Waals surface area contributed by atoms with Gasteiger partial charge >= 0.3 is 17.9 Å². The molecule has 3 amide bonds. The molecule has 27 heteroatoms. The lowest BCUT2D eigenvalue weighted by Crippen LogP contribution is -2.42. The minimum absolute atomic E-state index is 0.272. The number of carbonyl (C=O) groups excluding carboxylic acids is 6. The van der Waals surface area contributed by atoms with Crippen molar-refractivity contribution in [2.45, 2.75) is 220 Å². The number of fused-ring (bicyclic) bond motifs is 6. The fraction of sp³-hybridized carbons (Fsp3) is 0.545. The summed E-state index contributed by atoms with van der Waals surface area (Å²) >= 11 is 27.2. The number of thioether (sulfide) groups is 15. The van der Waals surface area contributed by atoms with E-state index in [-0.39, 0.29) is 59.5 Å². The van der Waals surface area contributed by atoms with Gasteiger partial charge in [-0.05, 0) is 99.8 Å². The van der Waals surface area contributed by atoms with Crippen LogP contribution in [0.15, 0.2) is 73.4 Å². The lowest BCUT2D eigenvalue weighted by Gasteiger charge is -2.31. The maximum Gasteiger partial charge on any atom is 0.329 e. The third-order valence-corrected chi connectivity index (χ3v) is 33.9. The predicted octanol–water partition coefficient (Wildman–Crippen LogP) is 15.6. The molecule has 445 valence electrons. The third-order valence-electron chi connectivity index (χ3n) is 12.5. The molecule has 12 nitrogen and oxygen atoms in total. The van der Waals surface area contributed by atoms with Gasteiger partial charge in [0.05, 0.1) is 51.7 Å². The molecule has 0 aromatic heterocycles. The number of rotatable bonds is 18. The highest BCUT2D eigenvalue weighted by atomic mass is 32.2. The second-order valence-electron chi connectivity index (χ2n) is 22.3. The Morgan fingerprint density at radius 1 is 0.341 bits per heavy atom. The van der Waals surface area contributed by atoms with Crippen molar-refractivity contribution in [3.63, 3.8) is 0 Å². The lowest BCUT2D eigenvalue weighted by molar-refractivity contribution is -0.144. The molecule has 82 heavy (non-hydrogen) atoms. The van der Waals surface area contributed by atoms with Crippen molar-refractivity contribution in [1.29, 1.82) is 0 Å². The van der Waals surface area contributed by atoms with Gasteiger partial charge in [0.25, 0.3) is 0 Å². The first kappa shape index (κ1) is 66.2. The van der Waals surface area contributed by atoms with Crippen molar-refractivity contribution < 1.29 is 43.0 Å². The number of esters is 3. The standard InChI is InChI=1S/C55H66N3O9S15/c1-22(59)56-25(47(62)65-16)19-68-38-41-32(71-50(4,5)77-41)29(33-42(38)78-51(6,7)72-33)28(30-34-43(79-52(8,9)73-34)39(44-35(30)74-53(10,11)80-44)69-20-26(48(63)66-17)57-23(2)60)31-36-45(81-54(12,13)75-36)40(46-37(31)76-55(14,15)82-46)70-21-27(49(64)67-18)58-24(3)61/h25-27H,19-21H2,1-18H3,(H,56,59)(H,57,60)(H,58,61)/t25-,26-,27-/m0/s1. The molecule has 0 spiro atoms. The van der Waals surface area contributed by atoms with E-state index < -0.39 is 36.0 Å². The maximum absolute atomic E-state index is 13.4. The normalized spacial score (nSPS) is 20.4. The summed E-state index contributed by atoms with van der Waals surface area (Å²) < 4.78 is 13.9. The number of ether oxygens (including phenoxy) is 3. The zero-order valence-corrected chi connectivity index (χ0v) is 60.9. The number of benzene rings is 3. The predicted molar refractivity (Wildman–Crippen MR) is 356 cm³/mol. The summed E-state index contributed by atoms with van der Waals surface area (Å²) in [5.41, 5.74) is 3.56. The van der Waals surface area contributed by atoms with Crippen LogP contribution < -0.4 is 16.0 Å². The van der Waals surface area contributed by atoms with Crippen molar-refractivity contribution in [3.05, 3.63) is 22.6 Å². The van der Waals surface area contributed by atoms with Gasteiger partial charge in [0.1, 0.15) is 18.1 Å². The highest BCUT2D eigenvalue weighted by Gasteiger charge is 2.53. The fourth-order valence-electron chi connectivity index (χ4n) is 9.75. The van der Waals surface area contributed by atoms with Crippen LogP contribution in [0.25, 0.3) is 0 Å². The molecule has 0 saturated carbocycles. The number of nitrogens with one attached hydrogen (secondary N) is 3. The average molecular weight is 1390 g/mol. The van der Waals surface area contributed by atoms with Crippen LogP contribution in [0, 0.1) is 5.92 Å². The van der Waals surface area contributed by atoms with E-state index in [0.29, 0.717) is 0 Å². The number of hydrogen-bond acceptors (Lipinski definition) is 24. The van der Waals surface area contributed by atoms with Crippen LogP contribution in [-0.4, -0.2) is 117 Å². The zero-order chi connectivity index (χ0) is 60.1. The Hall–Kier alpha value is -0.270. The van der Waals surface area contributed by atoms with Crippen molar-refractivity contribution in [1.82, 2.24) is 16.0 Å². The molecule has 0 unspecified atom stereocenters. The first-order valence-electron chi connectivity index (χ1n) is 25.9. The highest BCUT2D eigenvalue weighted by Crippen LogP contribution is 2.76. The summed E-state index contributed by atoms with van der Waals surface area (Å²) in [7, 11) is 4.06. The van der Waals surface area contributed by atoms with Gasteiger partial charge in [-0.25, -0.2) is 14.4 Å². The summed E-state index contributed by atoms with van der Waals surface area (Å²) in [6, 6.07) is -2.59. The van der Waals surface area contributed by atoms with E-state index in [2.05, 4.69) is 99.0 Å². The molecule has 6 heterocycles. The van der Waals surface area contributed by atoms with E-state index in [1.165, 1.54) is 94.1 Å². The van der Waals surface area contributed by atoms with E-state index in [0.717, 1.165) is 44.1 Å². The first-order chi connectivity index (χ1) is 38.1. The summed E-state index contributed by atoms with van der Waals surface area (Å²) in [5.74, 6) is -0.437. The minimum Gasteiger partial charge on any atom is -0.467 e. The highest BCUT2D eigenvalue weighted by molar-refractivity contribution is 8.24. The van der Waals surface area contributed by atoms with Crippen molar-refractivity contribution in [2.75, 3.05) is 38.6 Å². The Kier molecular flexibility index (Phi) is 20.0. The van der Waals surface area contributed by atoms with E-state index in [9.17, 15) is 28.8 Å². The van der Waals surface area contributed by atoms with Gasteiger partial charge in [0, 0.05) is 111 Å². The monoisotopic (exact) mass is 1390 g/mol. The van der Waals surface area contributed by atoms with Gasteiger partial charge in [-0.1, -0.05) is 0 Å². The van der Waals surface area contributed by atoms with Crippen LogP contribution in [-0.2, 0) is 43.0 Å². The minimum atomic E-state index is -0.864. The number of hydrogen-bond donors (Lipinski definition) is 3. The summed E-state index contributed by atoms with van der Waals surface area (Å²) in [4.78, 5) is 95.1. The number of methoxy groups -OCH3 is 3. The molecule has 3 aromatic rings. The van der Waals surface area contributed by atoms with Crippen molar-refractivity contribution in [2.24, 2.45) is 0 Å². The molecule has 6 aliphatic rings. The fourth-order valence-corrected chi connectivity index (χ4v) is 32.1. The van der Waals surface area contributed by atoms with Crippen LogP contribution in [0.1, 0.15) is 121 Å². The van der Waals surface area contributed by atoms with Crippen molar-refractivity contribution in [3.8, 4) is 0 Å².